The van der Waals surface area contributed by atoms with Crippen molar-refractivity contribution in [3.8, 4) is 34.5 Å². The van der Waals surface area contributed by atoms with E-state index in [4.69, 9.17) is 42.6 Å². The standard InChI is InChI=1S/C56H68N2O12/c1-12-27-68-50-37(3)51(64-10)53(65-11)47-45(35-67-31-38-19-15-13-16-20-38)58(30-46(59)48(47)50)54(60)44(57(7)55(61)70-56(4,5)6)29-41-28-36(2)49(63-9)52(69-33-39-21-17-14-18-22-39)43(41)34-66-32-40-23-25-42(62-8)26-24-40/h12-26,28,44-46,59H,1,27,29-35H2,2-11H3/t44-,45-,46?/m0/s1. The van der Waals surface area contributed by atoms with Crippen LogP contribution in [0.3, 0.4) is 0 Å². The number of aryl methyl sites for hydroxylation is 1. The van der Waals surface area contributed by atoms with Crippen LogP contribution in [0.5, 0.6) is 34.5 Å². The molecular weight excluding hydrogens is 893 g/mol. The fourth-order valence-electron chi connectivity index (χ4n) is 8.72. The molecule has 6 rings (SSSR count). The monoisotopic (exact) mass is 960 g/mol. The number of likely N-dealkylation sites (N-methyl/N-ethyl adjacent to an activating group) is 1. The van der Waals surface area contributed by atoms with Crippen LogP contribution < -0.4 is 28.4 Å². The molecule has 1 N–H and O–H groups in total. The molecule has 0 saturated carbocycles. The van der Waals surface area contributed by atoms with Crippen LogP contribution in [0.15, 0.2) is 104 Å². The molecular formula is C56H68N2O12. The summed E-state index contributed by atoms with van der Waals surface area (Å²) < 4.78 is 55.3. The first-order valence-corrected chi connectivity index (χ1v) is 23.3. The van der Waals surface area contributed by atoms with E-state index in [0.717, 1.165) is 28.0 Å². The van der Waals surface area contributed by atoms with Gasteiger partial charge in [0.15, 0.2) is 23.0 Å². The molecule has 1 aliphatic rings. The number of hydrogen-bond donors (Lipinski definition) is 1. The molecule has 0 saturated heterocycles. The lowest BCUT2D eigenvalue weighted by molar-refractivity contribution is -0.144. The van der Waals surface area contributed by atoms with Crippen LogP contribution in [0.1, 0.15) is 83.0 Å². The molecule has 14 nitrogen and oxygen atoms in total. The number of nitrogens with zero attached hydrogens (tertiary/aromatic N) is 2. The number of benzene rings is 5. The van der Waals surface area contributed by atoms with Gasteiger partial charge in [-0.15, -0.1) is 0 Å². The normalized spacial score (nSPS) is 14.8. The summed E-state index contributed by atoms with van der Waals surface area (Å²) in [5, 5.41) is 12.3. The average Bonchev–Trinajstić information content (AvgIpc) is 3.35. The van der Waals surface area contributed by atoms with Gasteiger partial charge in [-0.3, -0.25) is 9.69 Å². The van der Waals surface area contributed by atoms with Crippen molar-refractivity contribution < 1.29 is 57.3 Å². The first-order chi connectivity index (χ1) is 33.6. The zero-order chi connectivity index (χ0) is 50.5. The first-order valence-electron chi connectivity index (χ1n) is 23.3. The summed E-state index contributed by atoms with van der Waals surface area (Å²) in [5.74, 6) is 2.24. The van der Waals surface area contributed by atoms with E-state index in [1.54, 1.807) is 53.0 Å². The zero-order valence-electron chi connectivity index (χ0n) is 42.2. The van der Waals surface area contributed by atoms with Gasteiger partial charge >= 0.3 is 6.09 Å². The van der Waals surface area contributed by atoms with Gasteiger partial charge in [0.2, 0.25) is 5.91 Å². The highest BCUT2D eigenvalue weighted by Crippen LogP contribution is 2.52. The SMILES string of the molecule is C=CCOc1c(C)c(OC)c(OC)c2c1C(O)CN(C(=O)[C@H](Cc1cc(C)c(OC)c(OCc3ccccc3)c1COCc1ccc(OC)cc1)N(C)C(=O)OC(C)(C)C)[C@H]2COCc1ccccc1. The van der Waals surface area contributed by atoms with E-state index in [0.29, 0.717) is 56.6 Å². The number of aliphatic hydroxyl groups is 1. The second kappa shape index (κ2) is 24.2. The van der Waals surface area contributed by atoms with Gasteiger partial charge in [-0.2, -0.15) is 0 Å². The van der Waals surface area contributed by atoms with E-state index in [9.17, 15) is 9.90 Å². The van der Waals surface area contributed by atoms with Crippen LogP contribution in [-0.2, 0) is 51.9 Å². The maximum absolute atomic E-state index is 16.0. The van der Waals surface area contributed by atoms with Crippen LogP contribution >= 0.6 is 0 Å². The summed E-state index contributed by atoms with van der Waals surface area (Å²) in [7, 11) is 7.78. The number of hydrogen-bond acceptors (Lipinski definition) is 12. The van der Waals surface area contributed by atoms with Gasteiger partial charge in [0.05, 0.1) is 67.5 Å². The minimum absolute atomic E-state index is 0.0264. The number of carbonyl (C=O) groups is 2. The third-order valence-electron chi connectivity index (χ3n) is 12.1. The van der Waals surface area contributed by atoms with Crippen molar-refractivity contribution in [2.24, 2.45) is 0 Å². The van der Waals surface area contributed by atoms with Crippen LogP contribution in [0.2, 0.25) is 0 Å². The number of aliphatic hydroxyl groups excluding tert-OH is 1. The van der Waals surface area contributed by atoms with E-state index in [-0.39, 0.29) is 52.6 Å². The Bertz CT molecular complexity index is 2540. The number of fused-ring (bicyclic) bond motifs is 1. The largest absolute Gasteiger partial charge is 0.497 e. The van der Waals surface area contributed by atoms with Crippen molar-refractivity contribution in [2.45, 2.75) is 91.3 Å². The molecule has 0 aliphatic carbocycles. The van der Waals surface area contributed by atoms with E-state index >= 15 is 4.79 Å². The van der Waals surface area contributed by atoms with Crippen molar-refractivity contribution >= 4 is 12.0 Å². The smallest absolute Gasteiger partial charge is 0.410 e. The second-order valence-corrected chi connectivity index (χ2v) is 18.1. The van der Waals surface area contributed by atoms with Gasteiger partial charge in [-0.1, -0.05) is 91.5 Å². The molecule has 0 spiro atoms. The number of carbonyl (C=O) groups excluding carboxylic acids is 2. The van der Waals surface area contributed by atoms with Gasteiger partial charge < -0.3 is 52.6 Å². The van der Waals surface area contributed by atoms with Crippen molar-refractivity contribution in [1.29, 1.82) is 0 Å². The van der Waals surface area contributed by atoms with Gasteiger partial charge in [0.1, 0.15) is 42.5 Å². The molecule has 2 amide bonds. The zero-order valence-corrected chi connectivity index (χ0v) is 42.2. The van der Waals surface area contributed by atoms with Crippen LogP contribution in [0.4, 0.5) is 4.79 Å². The fourth-order valence-corrected chi connectivity index (χ4v) is 8.72. The summed E-state index contributed by atoms with van der Waals surface area (Å²) in [4.78, 5) is 33.1. The molecule has 0 aromatic heterocycles. The van der Waals surface area contributed by atoms with E-state index in [2.05, 4.69) is 6.58 Å². The van der Waals surface area contributed by atoms with E-state index in [1.165, 1.54) is 19.1 Å². The Morgan fingerprint density at radius 3 is 1.93 bits per heavy atom. The number of amides is 2. The predicted octanol–water partition coefficient (Wildman–Crippen LogP) is 9.81. The summed E-state index contributed by atoms with van der Waals surface area (Å²) >= 11 is 0. The topological polar surface area (TPSA) is 144 Å². The molecule has 1 unspecified atom stereocenters. The third-order valence-corrected chi connectivity index (χ3v) is 12.1. The second-order valence-electron chi connectivity index (χ2n) is 18.1. The molecule has 0 bridgehead atoms. The van der Waals surface area contributed by atoms with E-state index < -0.39 is 35.8 Å². The molecule has 5 aromatic rings. The van der Waals surface area contributed by atoms with E-state index in [1.807, 2.05) is 105 Å². The van der Waals surface area contributed by atoms with Crippen LogP contribution in [-0.4, -0.2) is 93.8 Å². The van der Waals surface area contributed by atoms with Gasteiger partial charge in [-0.05, 0) is 74.6 Å². The number of methoxy groups -OCH3 is 4. The maximum atomic E-state index is 16.0. The molecule has 3 atom stereocenters. The quantitative estimate of drug-likeness (QED) is 0.0660. The minimum Gasteiger partial charge on any atom is -0.497 e. The van der Waals surface area contributed by atoms with Gasteiger partial charge in [-0.25, -0.2) is 4.79 Å². The minimum atomic E-state index is -1.27. The highest BCUT2D eigenvalue weighted by molar-refractivity contribution is 5.87. The highest BCUT2D eigenvalue weighted by Gasteiger charge is 2.45. The lowest BCUT2D eigenvalue weighted by atomic mass is 9.86. The Hall–Kier alpha value is -6.74. The Kier molecular flexibility index (Phi) is 18.2. The number of rotatable bonds is 22. The maximum Gasteiger partial charge on any atom is 0.410 e. The van der Waals surface area contributed by atoms with Crippen LogP contribution in [0, 0.1) is 13.8 Å². The molecule has 1 aliphatic heterocycles. The molecule has 0 radical (unpaired) electrons. The van der Waals surface area contributed by atoms with Crippen molar-refractivity contribution in [2.75, 3.05) is 55.2 Å². The first kappa shape index (κ1) is 52.6. The Morgan fingerprint density at radius 1 is 0.743 bits per heavy atom. The molecule has 70 heavy (non-hydrogen) atoms. The molecule has 0 fully saturated rings. The summed E-state index contributed by atoms with van der Waals surface area (Å²) in [5.41, 5.74) is 5.38. The van der Waals surface area contributed by atoms with Crippen molar-refractivity contribution in [1.82, 2.24) is 9.80 Å². The summed E-state index contributed by atoms with van der Waals surface area (Å²) in [6, 6.07) is 26.9. The number of ether oxygens (including phenoxy) is 9. The highest BCUT2D eigenvalue weighted by atomic mass is 16.6. The molecule has 14 heteroatoms. The predicted molar refractivity (Wildman–Crippen MR) is 267 cm³/mol. The Labute approximate surface area is 412 Å². The van der Waals surface area contributed by atoms with Crippen LogP contribution in [0.25, 0.3) is 0 Å². The lowest BCUT2D eigenvalue weighted by Crippen LogP contribution is -2.55. The van der Waals surface area contributed by atoms with Gasteiger partial charge in [0.25, 0.3) is 0 Å². The lowest BCUT2D eigenvalue weighted by Gasteiger charge is -2.43. The summed E-state index contributed by atoms with van der Waals surface area (Å²) in [6.07, 6.45) is -0.402. The summed E-state index contributed by atoms with van der Waals surface area (Å²) in [6.45, 7) is 13.5. The Morgan fingerprint density at radius 2 is 1.34 bits per heavy atom. The molecule has 5 aromatic carbocycles. The van der Waals surface area contributed by atoms with Crippen molar-refractivity contribution in [3.05, 3.63) is 154 Å². The number of β-amino-alcohol motifs (C(OH)–C–C–N with tert-alkyl or cyclic N) is 1. The molecule has 1 heterocycles. The average molecular weight is 961 g/mol. The Balaban J connectivity index is 1.51. The fraction of sp³-hybridized carbons (Fsp3) is 0.393. The van der Waals surface area contributed by atoms with Crippen molar-refractivity contribution in [3.63, 3.8) is 0 Å². The molecule has 374 valence electrons. The van der Waals surface area contributed by atoms with Gasteiger partial charge in [0, 0.05) is 35.7 Å². The third kappa shape index (κ3) is 12.5.